The first-order valence-corrected chi connectivity index (χ1v) is 16.7. The second kappa shape index (κ2) is 13.4. The maximum Gasteiger partial charge on any atom is 0.321 e. The number of nitrogens with zero attached hydrogens (tertiary/aromatic N) is 3. The van der Waals surface area contributed by atoms with Crippen LogP contribution in [0.4, 0.5) is 4.39 Å². The number of likely N-dealkylation sites (tertiary alicyclic amines) is 2. The van der Waals surface area contributed by atoms with E-state index in [9.17, 15) is 14.3 Å². The molecule has 0 amide bonds. The van der Waals surface area contributed by atoms with Crippen molar-refractivity contribution in [3.8, 4) is 0 Å². The molecule has 7 heteroatoms. The van der Waals surface area contributed by atoms with Crippen LogP contribution in [-0.4, -0.2) is 64.6 Å². The molecule has 3 fully saturated rings. The van der Waals surface area contributed by atoms with Gasteiger partial charge in [-0.05, 0) is 86.7 Å². The van der Waals surface area contributed by atoms with Crippen LogP contribution in [0.2, 0.25) is 0 Å². The number of carboxylic acids is 1. The van der Waals surface area contributed by atoms with Crippen molar-refractivity contribution in [1.29, 1.82) is 0 Å². The van der Waals surface area contributed by atoms with Crippen LogP contribution in [0.25, 0.3) is 0 Å². The average Bonchev–Trinajstić information content (AvgIpc) is 3.58. The second-order valence-electron chi connectivity index (χ2n) is 12.8. The molecule has 1 saturated carbocycles. The summed E-state index contributed by atoms with van der Waals surface area (Å²) in [6.45, 7) is 7.01. The lowest BCUT2D eigenvalue weighted by molar-refractivity contribution is -0.145. The predicted molar refractivity (Wildman–Crippen MR) is 167 cm³/mol. The Kier molecular flexibility index (Phi) is 9.37. The minimum absolute atomic E-state index is 0.201. The maximum atomic E-state index is 13.3. The predicted octanol–water partition coefficient (Wildman–Crippen LogP) is 7.11. The van der Waals surface area contributed by atoms with Gasteiger partial charge in [-0.15, -0.1) is 11.3 Å². The molecule has 1 aliphatic carbocycles. The first kappa shape index (κ1) is 29.5. The SMILES string of the molecule is Cc1nc(Cc2ccc(F)cc2)sc1C1CCN(CC2CN(C(C(=O)O)C3CCCCC3)CC2c2ccccc2)CC1. The van der Waals surface area contributed by atoms with Crippen LogP contribution < -0.4 is 0 Å². The Labute approximate surface area is 253 Å². The Bertz CT molecular complexity index is 1320. The van der Waals surface area contributed by atoms with Crippen LogP contribution in [0.15, 0.2) is 54.6 Å². The molecule has 3 unspecified atom stereocenters. The molecule has 5 nitrogen and oxygen atoms in total. The molecule has 3 aromatic rings. The molecule has 2 aliphatic heterocycles. The zero-order chi connectivity index (χ0) is 29.1. The van der Waals surface area contributed by atoms with E-state index in [1.807, 2.05) is 23.5 Å². The highest BCUT2D eigenvalue weighted by Crippen LogP contribution is 2.40. The van der Waals surface area contributed by atoms with Gasteiger partial charge < -0.3 is 10.0 Å². The normalized spacial score (nSPS) is 23.8. The third-order valence-corrected chi connectivity index (χ3v) is 11.4. The fraction of sp³-hybridized carbons (Fsp3) is 0.543. The summed E-state index contributed by atoms with van der Waals surface area (Å²) >= 11 is 1.83. The number of thiazole rings is 1. The van der Waals surface area contributed by atoms with Gasteiger partial charge in [-0.25, -0.2) is 9.37 Å². The number of aliphatic carboxylic acids is 1. The number of carboxylic acid groups (broad SMARTS) is 1. The van der Waals surface area contributed by atoms with E-state index in [-0.39, 0.29) is 17.8 Å². The van der Waals surface area contributed by atoms with Gasteiger partial charge in [0.05, 0.1) is 10.7 Å². The summed E-state index contributed by atoms with van der Waals surface area (Å²) in [6.07, 6.45) is 8.67. The van der Waals surface area contributed by atoms with E-state index in [4.69, 9.17) is 4.98 Å². The summed E-state index contributed by atoms with van der Waals surface area (Å²) < 4.78 is 13.3. The molecule has 2 aromatic carbocycles. The third kappa shape index (κ3) is 6.79. The number of benzene rings is 2. The quantitative estimate of drug-likeness (QED) is 0.288. The zero-order valence-corrected chi connectivity index (χ0v) is 25.6. The van der Waals surface area contributed by atoms with Crippen LogP contribution in [-0.2, 0) is 11.2 Å². The van der Waals surface area contributed by atoms with Crippen molar-refractivity contribution in [3.63, 3.8) is 0 Å². The highest BCUT2D eigenvalue weighted by atomic mass is 32.1. The van der Waals surface area contributed by atoms with E-state index in [1.54, 1.807) is 0 Å². The molecule has 3 heterocycles. The van der Waals surface area contributed by atoms with Crippen LogP contribution in [0.5, 0.6) is 0 Å². The van der Waals surface area contributed by atoms with Gasteiger partial charge in [-0.2, -0.15) is 0 Å². The summed E-state index contributed by atoms with van der Waals surface area (Å²) in [7, 11) is 0. The van der Waals surface area contributed by atoms with Gasteiger partial charge in [-0.1, -0.05) is 61.7 Å². The lowest BCUT2D eigenvalue weighted by Crippen LogP contribution is -2.46. The fourth-order valence-electron chi connectivity index (χ4n) is 7.91. The number of rotatable bonds is 9. The van der Waals surface area contributed by atoms with Crippen LogP contribution in [0, 0.1) is 24.6 Å². The average molecular weight is 590 g/mol. The summed E-state index contributed by atoms with van der Waals surface area (Å²) in [4.78, 5) is 23.8. The number of hydrogen-bond donors (Lipinski definition) is 1. The van der Waals surface area contributed by atoms with Gasteiger partial charge in [0.15, 0.2) is 0 Å². The van der Waals surface area contributed by atoms with E-state index < -0.39 is 5.97 Å². The van der Waals surface area contributed by atoms with E-state index in [0.717, 1.165) is 93.9 Å². The lowest BCUT2D eigenvalue weighted by Gasteiger charge is -2.35. The van der Waals surface area contributed by atoms with Crippen molar-refractivity contribution < 1.29 is 14.3 Å². The topological polar surface area (TPSA) is 56.7 Å². The van der Waals surface area contributed by atoms with Gasteiger partial charge in [0, 0.05) is 36.9 Å². The van der Waals surface area contributed by atoms with Gasteiger partial charge in [-0.3, -0.25) is 9.69 Å². The Balaban J connectivity index is 1.10. The number of aromatic nitrogens is 1. The fourth-order valence-corrected chi connectivity index (χ4v) is 9.18. The van der Waals surface area contributed by atoms with Gasteiger partial charge in [0.25, 0.3) is 0 Å². The Hall–Kier alpha value is -2.61. The Morgan fingerprint density at radius 1 is 1.00 bits per heavy atom. The molecule has 3 aliphatic rings. The first-order valence-electron chi connectivity index (χ1n) is 15.9. The molecule has 224 valence electrons. The lowest BCUT2D eigenvalue weighted by atomic mass is 9.83. The van der Waals surface area contributed by atoms with Crippen molar-refractivity contribution >= 4 is 17.3 Å². The monoisotopic (exact) mass is 589 g/mol. The number of piperidine rings is 1. The highest BCUT2D eigenvalue weighted by Gasteiger charge is 2.43. The number of carbonyl (C=O) groups is 1. The van der Waals surface area contributed by atoms with Gasteiger partial charge >= 0.3 is 5.97 Å². The smallest absolute Gasteiger partial charge is 0.321 e. The molecule has 2 saturated heterocycles. The zero-order valence-electron chi connectivity index (χ0n) is 24.8. The number of halogens is 1. The second-order valence-corrected chi connectivity index (χ2v) is 14.0. The molecular formula is C35H44FN3O2S. The molecule has 42 heavy (non-hydrogen) atoms. The van der Waals surface area contributed by atoms with Crippen molar-refractivity contribution in [2.45, 2.75) is 76.2 Å². The molecule has 0 radical (unpaired) electrons. The summed E-state index contributed by atoms with van der Waals surface area (Å²) in [5.74, 6) is 0.780. The maximum absolute atomic E-state index is 13.3. The Morgan fingerprint density at radius 3 is 2.40 bits per heavy atom. The molecule has 0 bridgehead atoms. The van der Waals surface area contributed by atoms with Crippen molar-refractivity contribution in [2.75, 3.05) is 32.7 Å². The summed E-state index contributed by atoms with van der Waals surface area (Å²) in [5, 5.41) is 11.4. The largest absolute Gasteiger partial charge is 0.480 e. The summed E-state index contributed by atoms with van der Waals surface area (Å²) in [6, 6.07) is 17.2. The van der Waals surface area contributed by atoms with E-state index in [0.29, 0.717) is 17.8 Å². The molecule has 1 N–H and O–H groups in total. The molecule has 6 rings (SSSR count). The van der Waals surface area contributed by atoms with Crippen LogP contribution in [0.1, 0.15) is 83.5 Å². The van der Waals surface area contributed by atoms with Gasteiger partial charge in [0.2, 0.25) is 0 Å². The number of aryl methyl sites for hydroxylation is 1. The van der Waals surface area contributed by atoms with Crippen molar-refractivity contribution in [2.24, 2.45) is 11.8 Å². The van der Waals surface area contributed by atoms with E-state index >= 15 is 0 Å². The standard InChI is InChI=1S/C35H44FN3O2S/c1-24-34(42-32(37-24)20-25-12-14-30(36)15-13-25)28-16-18-38(19-17-28)21-29-22-39(23-31(29)26-8-4-2-5-9-26)33(35(40)41)27-10-6-3-7-11-27/h2,4-5,8-9,12-15,27-29,31,33H,3,6-7,10-11,16-23H2,1H3,(H,40,41). The third-order valence-electron chi connectivity index (χ3n) is 10.0. The minimum Gasteiger partial charge on any atom is -0.480 e. The van der Waals surface area contributed by atoms with Crippen LogP contribution in [0.3, 0.4) is 0 Å². The molecule has 1 aromatic heterocycles. The van der Waals surface area contributed by atoms with E-state index in [1.165, 1.54) is 29.0 Å². The molecule has 0 spiro atoms. The summed E-state index contributed by atoms with van der Waals surface area (Å²) in [5.41, 5.74) is 3.59. The minimum atomic E-state index is -0.631. The Morgan fingerprint density at radius 2 is 1.71 bits per heavy atom. The highest BCUT2D eigenvalue weighted by molar-refractivity contribution is 7.11. The van der Waals surface area contributed by atoms with Gasteiger partial charge in [0.1, 0.15) is 11.9 Å². The molecule has 3 atom stereocenters. The molecular weight excluding hydrogens is 545 g/mol. The van der Waals surface area contributed by atoms with Crippen molar-refractivity contribution in [1.82, 2.24) is 14.8 Å². The first-order chi connectivity index (χ1) is 20.4. The van der Waals surface area contributed by atoms with Crippen molar-refractivity contribution in [3.05, 3.63) is 87.1 Å². The van der Waals surface area contributed by atoms with Crippen LogP contribution >= 0.6 is 11.3 Å². The van der Waals surface area contributed by atoms with E-state index in [2.05, 4.69) is 47.1 Å². The number of hydrogen-bond acceptors (Lipinski definition) is 5.